The summed E-state index contributed by atoms with van der Waals surface area (Å²) in [6.07, 6.45) is 3.88. The SMILES string of the molecule is COCCN1CC(c2c[nH]c3cc(-n4ccc(OCc5ccccc5)cc4=O)ccc23)C1. The van der Waals surface area contributed by atoms with Crippen LogP contribution in [0.25, 0.3) is 16.6 Å². The van der Waals surface area contributed by atoms with E-state index in [0.29, 0.717) is 18.3 Å². The van der Waals surface area contributed by atoms with E-state index in [9.17, 15) is 4.79 Å². The number of likely N-dealkylation sites (tertiary alicyclic amines) is 1. The van der Waals surface area contributed by atoms with Gasteiger partial charge in [0.15, 0.2) is 0 Å². The Bertz CT molecular complexity index is 1260. The largest absolute Gasteiger partial charge is 0.489 e. The van der Waals surface area contributed by atoms with Crippen molar-refractivity contribution in [3.05, 3.63) is 94.5 Å². The van der Waals surface area contributed by atoms with Crippen molar-refractivity contribution in [3.63, 3.8) is 0 Å². The van der Waals surface area contributed by atoms with Gasteiger partial charge in [0, 0.05) is 62.0 Å². The zero-order chi connectivity index (χ0) is 21.9. The van der Waals surface area contributed by atoms with E-state index in [0.717, 1.165) is 43.0 Å². The highest BCUT2D eigenvalue weighted by atomic mass is 16.5. The van der Waals surface area contributed by atoms with Gasteiger partial charge >= 0.3 is 0 Å². The van der Waals surface area contributed by atoms with Gasteiger partial charge in [0.1, 0.15) is 12.4 Å². The molecular formula is C26H27N3O3. The number of aromatic amines is 1. The van der Waals surface area contributed by atoms with Crippen LogP contribution in [0, 0.1) is 0 Å². The zero-order valence-corrected chi connectivity index (χ0v) is 18.2. The van der Waals surface area contributed by atoms with Crippen LogP contribution in [0.1, 0.15) is 17.0 Å². The number of nitrogens with zero attached hydrogens (tertiary/aromatic N) is 2. The zero-order valence-electron chi connectivity index (χ0n) is 18.2. The molecule has 164 valence electrons. The number of ether oxygens (including phenoxy) is 2. The summed E-state index contributed by atoms with van der Waals surface area (Å²) in [6, 6.07) is 19.4. The van der Waals surface area contributed by atoms with Crippen LogP contribution in [0.4, 0.5) is 0 Å². The lowest BCUT2D eigenvalue weighted by Gasteiger charge is -2.39. The molecule has 0 atom stereocenters. The summed E-state index contributed by atoms with van der Waals surface area (Å²) in [4.78, 5) is 18.5. The fourth-order valence-corrected chi connectivity index (χ4v) is 4.30. The van der Waals surface area contributed by atoms with Crippen LogP contribution in [-0.4, -0.2) is 47.8 Å². The monoisotopic (exact) mass is 429 g/mol. The van der Waals surface area contributed by atoms with Gasteiger partial charge in [-0.05, 0) is 29.3 Å². The molecule has 1 aliphatic heterocycles. The molecule has 6 nitrogen and oxygen atoms in total. The van der Waals surface area contributed by atoms with Crippen molar-refractivity contribution in [2.45, 2.75) is 12.5 Å². The molecule has 1 N–H and O–H groups in total. The number of hydrogen-bond donors (Lipinski definition) is 1. The molecule has 0 radical (unpaired) electrons. The predicted octanol–water partition coefficient (Wildman–Crippen LogP) is 3.94. The Kier molecular flexibility index (Phi) is 5.79. The van der Waals surface area contributed by atoms with E-state index < -0.39 is 0 Å². The van der Waals surface area contributed by atoms with Gasteiger partial charge in [-0.2, -0.15) is 0 Å². The van der Waals surface area contributed by atoms with Crippen LogP contribution in [0.2, 0.25) is 0 Å². The number of pyridine rings is 1. The minimum atomic E-state index is -0.116. The maximum absolute atomic E-state index is 12.7. The van der Waals surface area contributed by atoms with E-state index in [1.807, 2.05) is 48.5 Å². The van der Waals surface area contributed by atoms with Gasteiger partial charge in [-0.1, -0.05) is 36.4 Å². The van der Waals surface area contributed by atoms with E-state index in [1.54, 1.807) is 17.9 Å². The highest BCUT2D eigenvalue weighted by Gasteiger charge is 2.29. The minimum absolute atomic E-state index is 0.116. The van der Waals surface area contributed by atoms with E-state index >= 15 is 0 Å². The maximum Gasteiger partial charge on any atom is 0.258 e. The number of benzene rings is 2. The van der Waals surface area contributed by atoms with Gasteiger partial charge in [0.25, 0.3) is 5.56 Å². The molecule has 32 heavy (non-hydrogen) atoms. The third-order valence-corrected chi connectivity index (χ3v) is 6.12. The molecule has 2 aromatic heterocycles. The number of rotatable bonds is 8. The first-order valence-corrected chi connectivity index (χ1v) is 10.9. The fourth-order valence-electron chi connectivity index (χ4n) is 4.30. The summed E-state index contributed by atoms with van der Waals surface area (Å²) >= 11 is 0. The van der Waals surface area contributed by atoms with Crippen molar-refractivity contribution in [1.29, 1.82) is 0 Å². The number of hydrogen-bond acceptors (Lipinski definition) is 4. The van der Waals surface area contributed by atoms with E-state index in [4.69, 9.17) is 9.47 Å². The normalized spacial score (nSPS) is 14.5. The lowest BCUT2D eigenvalue weighted by atomic mass is 9.91. The van der Waals surface area contributed by atoms with Crippen LogP contribution in [-0.2, 0) is 11.3 Å². The fraction of sp³-hybridized carbons (Fsp3) is 0.269. The molecule has 1 saturated heterocycles. The standard InChI is InChI=1S/C26H27N3O3/c1-31-12-11-28-16-20(17-28)24-15-27-25-13-21(7-8-23(24)25)29-10-9-22(14-26(29)30)32-18-19-5-3-2-4-6-19/h2-10,13-15,20,27H,11-12,16-18H2,1H3. The summed E-state index contributed by atoms with van der Waals surface area (Å²) in [6.45, 7) is 4.30. The first-order chi connectivity index (χ1) is 15.7. The summed E-state index contributed by atoms with van der Waals surface area (Å²) in [5.41, 5.74) is 4.18. The van der Waals surface area contributed by atoms with Crippen molar-refractivity contribution in [2.75, 3.05) is 33.4 Å². The predicted molar refractivity (Wildman–Crippen MR) is 126 cm³/mol. The molecule has 0 amide bonds. The highest BCUT2D eigenvalue weighted by Crippen LogP contribution is 2.33. The Morgan fingerprint density at radius 1 is 1.06 bits per heavy atom. The molecule has 0 saturated carbocycles. The van der Waals surface area contributed by atoms with Crippen LogP contribution in [0.15, 0.2) is 77.9 Å². The molecule has 4 aromatic rings. The number of methoxy groups -OCH3 is 1. The Hall–Kier alpha value is -3.35. The van der Waals surface area contributed by atoms with Crippen molar-refractivity contribution >= 4 is 10.9 Å². The topological polar surface area (TPSA) is 59.5 Å². The molecule has 0 bridgehead atoms. The number of aromatic nitrogens is 2. The van der Waals surface area contributed by atoms with Gasteiger partial charge in [-0.15, -0.1) is 0 Å². The molecule has 5 rings (SSSR count). The molecule has 1 aliphatic rings. The van der Waals surface area contributed by atoms with Crippen molar-refractivity contribution in [2.24, 2.45) is 0 Å². The Morgan fingerprint density at radius 2 is 1.91 bits per heavy atom. The molecule has 0 aliphatic carbocycles. The lowest BCUT2D eigenvalue weighted by Crippen LogP contribution is -2.46. The lowest BCUT2D eigenvalue weighted by molar-refractivity contribution is 0.0947. The van der Waals surface area contributed by atoms with Gasteiger partial charge in [-0.25, -0.2) is 0 Å². The third kappa shape index (κ3) is 4.20. The van der Waals surface area contributed by atoms with E-state index in [1.165, 1.54) is 17.0 Å². The Labute approximate surface area is 187 Å². The van der Waals surface area contributed by atoms with Gasteiger partial charge < -0.3 is 14.5 Å². The summed E-state index contributed by atoms with van der Waals surface area (Å²) in [5.74, 6) is 1.11. The maximum atomic E-state index is 12.7. The first-order valence-electron chi connectivity index (χ1n) is 10.9. The second-order valence-electron chi connectivity index (χ2n) is 8.27. The van der Waals surface area contributed by atoms with E-state index in [-0.39, 0.29) is 5.56 Å². The highest BCUT2D eigenvalue weighted by molar-refractivity contribution is 5.85. The number of H-pyrrole nitrogens is 1. The van der Waals surface area contributed by atoms with Gasteiger partial charge in [-0.3, -0.25) is 14.3 Å². The molecule has 0 unspecified atom stereocenters. The van der Waals surface area contributed by atoms with Crippen LogP contribution in [0.3, 0.4) is 0 Å². The second kappa shape index (κ2) is 9.02. The summed E-state index contributed by atoms with van der Waals surface area (Å²) in [5, 5.41) is 1.22. The molecular weight excluding hydrogens is 402 g/mol. The van der Waals surface area contributed by atoms with Crippen LogP contribution in [0.5, 0.6) is 5.75 Å². The summed E-state index contributed by atoms with van der Waals surface area (Å²) in [7, 11) is 1.74. The molecule has 1 fully saturated rings. The van der Waals surface area contributed by atoms with Crippen LogP contribution < -0.4 is 10.3 Å². The first kappa shape index (κ1) is 20.5. The Balaban J connectivity index is 1.30. The quantitative estimate of drug-likeness (QED) is 0.461. The average Bonchev–Trinajstić information content (AvgIpc) is 3.20. The molecule has 0 spiro atoms. The van der Waals surface area contributed by atoms with Crippen molar-refractivity contribution in [3.8, 4) is 11.4 Å². The summed E-state index contributed by atoms with van der Waals surface area (Å²) < 4.78 is 12.6. The van der Waals surface area contributed by atoms with Crippen molar-refractivity contribution < 1.29 is 9.47 Å². The second-order valence-corrected chi connectivity index (χ2v) is 8.27. The minimum Gasteiger partial charge on any atom is -0.489 e. The number of fused-ring (bicyclic) bond motifs is 1. The van der Waals surface area contributed by atoms with Gasteiger partial charge in [0.2, 0.25) is 0 Å². The Morgan fingerprint density at radius 3 is 2.69 bits per heavy atom. The number of nitrogens with one attached hydrogen (secondary N) is 1. The smallest absolute Gasteiger partial charge is 0.258 e. The van der Waals surface area contributed by atoms with Gasteiger partial charge in [0.05, 0.1) is 12.3 Å². The average molecular weight is 430 g/mol. The van der Waals surface area contributed by atoms with Crippen molar-refractivity contribution in [1.82, 2.24) is 14.5 Å². The molecule has 3 heterocycles. The molecule has 6 heteroatoms. The molecule has 2 aromatic carbocycles. The third-order valence-electron chi connectivity index (χ3n) is 6.12. The van der Waals surface area contributed by atoms with E-state index in [2.05, 4.69) is 22.1 Å². The van der Waals surface area contributed by atoms with Crippen LogP contribution >= 0.6 is 0 Å².